The Bertz CT molecular complexity index is 1120. The Balaban J connectivity index is 1.86. The van der Waals surface area contributed by atoms with Gasteiger partial charge in [-0.3, -0.25) is 19.1 Å². The van der Waals surface area contributed by atoms with E-state index in [0.29, 0.717) is 13.1 Å². The number of aromatic amines is 1. The maximum absolute atomic E-state index is 12.7. The smallest absolute Gasteiger partial charge is 0.329 e. The Labute approximate surface area is 168 Å². The standard InChI is InChI=1S/C21H25N5O3/c1-4-10-26-18-16(20(28)24-21(26)29)11-15(12-22-18)19(27)23-13-17(25(2)3)14-8-6-5-7-9-14/h5-9,11-12,17H,4,10,13H2,1-3H3,(H,23,27)(H,24,28,29). The zero-order valence-corrected chi connectivity index (χ0v) is 16.8. The number of H-pyrrole nitrogens is 1. The molecule has 3 rings (SSSR count). The van der Waals surface area contributed by atoms with Crippen LogP contribution in [0.25, 0.3) is 11.0 Å². The van der Waals surface area contributed by atoms with Crippen molar-refractivity contribution in [2.24, 2.45) is 0 Å². The number of carbonyl (C=O) groups is 1. The Morgan fingerprint density at radius 2 is 1.97 bits per heavy atom. The molecule has 3 aromatic rings. The fraction of sp³-hybridized carbons (Fsp3) is 0.333. The van der Waals surface area contributed by atoms with Crippen LogP contribution in [0.3, 0.4) is 0 Å². The molecule has 1 unspecified atom stereocenters. The summed E-state index contributed by atoms with van der Waals surface area (Å²) >= 11 is 0. The predicted molar refractivity (Wildman–Crippen MR) is 112 cm³/mol. The molecule has 2 heterocycles. The van der Waals surface area contributed by atoms with Crippen LogP contribution in [-0.4, -0.2) is 46.0 Å². The van der Waals surface area contributed by atoms with Gasteiger partial charge in [0, 0.05) is 19.3 Å². The number of aryl methyl sites for hydroxylation is 1. The Morgan fingerprint density at radius 1 is 1.24 bits per heavy atom. The molecule has 8 heteroatoms. The molecular formula is C21H25N5O3. The summed E-state index contributed by atoms with van der Waals surface area (Å²) in [5, 5.41) is 3.13. The molecule has 0 spiro atoms. The third-order valence-electron chi connectivity index (χ3n) is 4.81. The maximum Gasteiger partial charge on any atom is 0.329 e. The van der Waals surface area contributed by atoms with Crippen LogP contribution in [0.1, 0.15) is 35.3 Å². The van der Waals surface area contributed by atoms with Gasteiger partial charge in [-0.2, -0.15) is 0 Å². The molecule has 8 nitrogen and oxygen atoms in total. The van der Waals surface area contributed by atoms with E-state index in [2.05, 4.69) is 15.3 Å². The highest BCUT2D eigenvalue weighted by Gasteiger charge is 2.17. The molecular weight excluding hydrogens is 370 g/mol. The van der Waals surface area contributed by atoms with Crippen LogP contribution in [0.5, 0.6) is 0 Å². The van der Waals surface area contributed by atoms with Crippen LogP contribution in [0.4, 0.5) is 0 Å². The summed E-state index contributed by atoms with van der Waals surface area (Å²) in [6, 6.07) is 11.4. The summed E-state index contributed by atoms with van der Waals surface area (Å²) in [7, 11) is 3.90. The van der Waals surface area contributed by atoms with Gasteiger partial charge in [-0.25, -0.2) is 9.78 Å². The lowest BCUT2D eigenvalue weighted by Crippen LogP contribution is -2.35. The normalized spacial score (nSPS) is 12.3. The molecule has 1 amide bonds. The number of hydrogen-bond acceptors (Lipinski definition) is 5. The molecule has 0 bridgehead atoms. The summed E-state index contributed by atoms with van der Waals surface area (Å²) in [6.45, 7) is 2.77. The second-order valence-corrected chi connectivity index (χ2v) is 7.11. The minimum absolute atomic E-state index is 0.00621. The van der Waals surface area contributed by atoms with Gasteiger partial charge in [0.05, 0.1) is 17.0 Å². The second-order valence-electron chi connectivity index (χ2n) is 7.11. The second kappa shape index (κ2) is 8.83. The van der Waals surface area contributed by atoms with Crippen molar-refractivity contribution in [3.05, 3.63) is 74.6 Å². The fourth-order valence-electron chi connectivity index (χ4n) is 3.29. The van der Waals surface area contributed by atoms with Crippen LogP contribution >= 0.6 is 0 Å². The van der Waals surface area contributed by atoms with Crippen molar-refractivity contribution in [2.45, 2.75) is 25.9 Å². The topological polar surface area (TPSA) is 100 Å². The summed E-state index contributed by atoms with van der Waals surface area (Å²) in [5.41, 5.74) is 0.609. The van der Waals surface area contributed by atoms with Gasteiger partial charge in [0.1, 0.15) is 5.65 Å². The third kappa shape index (κ3) is 4.43. The average molecular weight is 395 g/mol. The Morgan fingerprint density at radius 3 is 2.62 bits per heavy atom. The highest BCUT2D eigenvalue weighted by atomic mass is 16.2. The summed E-state index contributed by atoms with van der Waals surface area (Å²) in [5.74, 6) is -0.324. The van der Waals surface area contributed by atoms with E-state index in [0.717, 1.165) is 12.0 Å². The number of aromatic nitrogens is 3. The molecule has 2 aromatic heterocycles. The van der Waals surface area contributed by atoms with Crippen molar-refractivity contribution in [2.75, 3.05) is 20.6 Å². The molecule has 0 radical (unpaired) electrons. The zero-order valence-electron chi connectivity index (χ0n) is 16.8. The first-order chi connectivity index (χ1) is 13.9. The van der Waals surface area contributed by atoms with Gasteiger partial charge in [0.2, 0.25) is 0 Å². The molecule has 152 valence electrons. The highest BCUT2D eigenvalue weighted by Crippen LogP contribution is 2.17. The Kier molecular flexibility index (Phi) is 6.23. The number of hydrogen-bond donors (Lipinski definition) is 2. The first-order valence-corrected chi connectivity index (χ1v) is 9.54. The number of rotatable bonds is 7. The lowest BCUT2D eigenvalue weighted by atomic mass is 10.1. The molecule has 1 aromatic carbocycles. The van der Waals surface area contributed by atoms with Gasteiger partial charge >= 0.3 is 5.69 Å². The minimum Gasteiger partial charge on any atom is -0.350 e. The van der Waals surface area contributed by atoms with Crippen LogP contribution in [0.15, 0.2) is 52.2 Å². The van der Waals surface area contributed by atoms with E-state index in [4.69, 9.17) is 0 Å². The van der Waals surface area contributed by atoms with Crippen LogP contribution in [0.2, 0.25) is 0 Å². The van der Waals surface area contributed by atoms with E-state index in [1.54, 1.807) is 0 Å². The van der Waals surface area contributed by atoms with Crippen LogP contribution in [-0.2, 0) is 6.54 Å². The van der Waals surface area contributed by atoms with Crippen molar-refractivity contribution >= 4 is 16.9 Å². The minimum atomic E-state index is -0.546. The SMILES string of the molecule is CCCn1c(=O)[nH]c(=O)c2cc(C(=O)NCC(c3ccccc3)N(C)C)cnc21. The van der Waals surface area contributed by atoms with Crippen molar-refractivity contribution in [3.8, 4) is 0 Å². The zero-order chi connectivity index (χ0) is 21.0. The fourth-order valence-corrected chi connectivity index (χ4v) is 3.29. The van der Waals surface area contributed by atoms with Crippen LogP contribution < -0.4 is 16.6 Å². The first-order valence-electron chi connectivity index (χ1n) is 9.54. The van der Waals surface area contributed by atoms with E-state index in [1.165, 1.54) is 16.8 Å². The number of benzene rings is 1. The monoisotopic (exact) mass is 395 g/mol. The van der Waals surface area contributed by atoms with E-state index in [1.807, 2.05) is 56.3 Å². The molecule has 0 aliphatic heterocycles. The molecule has 29 heavy (non-hydrogen) atoms. The van der Waals surface area contributed by atoms with Crippen molar-refractivity contribution in [1.82, 2.24) is 24.8 Å². The van der Waals surface area contributed by atoms with E-state index in [-0.39, 0.29) is 28.5 Å². The molecule has 0 saturated carbocycles. The molecule has 0 aliphatic carbocycles. The molecule has 0 aliphatic rings. The maximum atomic E-state index is 12.7. The van der Waals surface area contributed by atoms with Gasteiger partial charge in [-0.05, 0) is 32.1 Å². The number of likely N-dealkylation sites (N-methyl/N-ethyl adjacent to an activating group) is 1. The molecule has 0 saturated heterocycles. The van der Waals surface area contributed by atoms with Gasteiger partial charge < -0.3 is 10.2 Å². The lowest BCUT2D eigenvalue weighted by molar-refractivity contribution is 0.0941. The number of amides is 1. The first kappa shape index (κ1) is 20.5. The Hall–Kier alpha value is -3.26. The van der Waals surface area contributed by atoms with E-state index < -0.39 is 11.2 Å². The summed E-state index contributed by atoms with van der Waals surface area (Å²) < 4.78 is 1.41. The molecule has 0 fully saturated rings. The van der Waals surface area contributed by atoms with Crippen molar-refractivity contribution in [3.63, 3.8) is 0 Å². The van der Waals surface area contributed by atoms with Crippen molar-refractivity contribution < 1.29 is 4.79 Å². The average Bonchev–Trinajstić information content (AvgIpc) is 2.71. The van der Waals surface area contributed by atoms with Crippen LogP contribution in [0, 0.1) is 0 Å². The third-order valence-corrected chi connectivity index (χ3v) is 4.81. The predicted octanol–water partition coefficient (Wildman–Crippen LogP) is 1.53. The molecule has 2 N–H and O–H groups in total. The lowest BCUT2D eigenvalue weighted by Gasteiger charge is -2.25. The largest absolute Gasteiger partial charge is 0.350 e. The number of carbonyl (C=O) groups excluding carboxylic acids is 1. The van der Waals surface area contributed by atoms with E-state index >= 15 is 0 Å². The van der Waals surface area contributed by atoms with Gasteiger partial charge in [-0.1, -0.05) is 37.3 Å². The number of nitrogens with one attached hydrogen (secondary N) is 2. The van der Waals surface area contributed by atoms with Gasteiger partial charge in [0.15, 0.2) is 0 Å². The molecule has 1 atom stereocenters. The highest BCUT2D eigenvalue weighted by molar-refractivity contribution is 5.96. The quantitative estimate of drug-likeness (QED) is 0.632. The van der Waals surface area contributed by atoms with Crippen molar-refractivity contribution in [1.29, 1.82) is 0 Å². The summed E-state index contributed by atoms with van der Waals surface area (Å²) in [4.78, 5) is 45.5. The van der Waals surface area contributed by atoms with Gasteiger partial charge in [-0.15, -0.1) is 0 Å². The summed E-state index contributed by atoms with van der Waals surface area (Å²) in [6.07, 6.45) is 2.12. The number of nitrogens with zero attached hydrogens (tertiary/aromatic N) is 3. The number of fused-ring (bicyclic) bond motifs is 1. The van der Waals surface area contributed by atoms with E-state index in [9.17, 15) is 14.4 Å². The number of pyridine rings is 1. The van der Waals surface area contributed by atoms with Gasteiger partial charge in [0.25, 0.3) is 11.5 Å².